The Bertz CT molecular complexity index is 811. The van der Waals surface area contributed by atoms with Crippen LogP contribution in [0.15, 0.2) is 16.8 Å². The molecule has 0 aromatic carbocycles. The normalized spacial score (nSPS) is 22.8. The van der Waals surface area contributed by atoms with Crippen LogP contribution < -0.4 is 5.32 Å². The van der Waals surface area contributed by atoms with Crippen LogP contribution in [-0.2, 0) is 11.8 Å². The van der Waals surface area contributed by atoms with Gasteiger partial charge in [-0.1, -0.05) is 30.8 Å². The second kappa shape index (κ2) is 9.14. The van der Waals surface area contributed by atoms with Crippen molar-refractivity contribution in [1.29, 1.82) is 0 Å². The zero-order chi connectivity index (χ0) is 20.2. The Morgan fingerprint density at radius 1 is 1.17 bits per heavy atom. The van der Waals surface area contributed by atoms with Gasteiger partial charge in [0, 0.05) is 38.2 Å². The molecule has 0 radical (unpaired) electrons. The van der Waals surface area contributed by atoms with Crippen LogP contribution in [0.25, 0.3) is 11.3 Å². The third-order valence-electron chi connectivity index (χ3n) is 6.83. The van der Waals surface area contributed by atoms with E-state index in [1.807, 2.05) is 30.9 Å². The van der Waals surface area contributed by atoms with E-state index in [1.165, 1.54) is 25.7 Å². The lowest BCUT2D eigenvalue weighted by molar-refractivity contribution is -0.121. The van der Waals surface area contributed by atoms with Crippen molar-refractivity contribution < 1.29 is 9.32 Å². The zero-order valence-corrected chi connectivity index (χ0v) is 17.8. The zero-order valence-electron chi connectivity index (χ0n) is 17.8. The lowest BCUT2D eigenvalue weighted by Crippen LogP contribution is -2.31. The van der Waals surface area contributed by atoms with Gasteiger partial charge in [0.15, 0.2) is 5.76 Å². The molecule has 6 heteroatoms. The van der Waals surface area contributed by atoms with Crippen molar-refractivity contribution in [3.8, 4) is 11.3 Å². The van der Waals surface area contributed by atoms with Crippen LogP contribution in [0.3, 0.4) is 0 Å². The van der Waals surface area contributed by atoms with Crippen LogP contribution in [0.4, 0.5) is 0 Å². The van der Waals surface area contributed by atoms with E-state index < -0.39 is 0 Å². The summed E-state index contributed by atoms with van der Waals surface area (Å²) in [5.41, 5.74) is 3.08. The largest absolute Gasteiger partial charge is 0.356 e. The Hall–Kier alpha value is -2.11. The summed E-state index contributed by atoms with van der Waals surface area (Å²) in [5.74, 6) is 2.87. The fourth-order valence-electron chi connectivity index (χ4n) is 5.11. The van der Waals surface area contributed by atoms with E-state index in [0.29, 0.717) is 18.3 Å². The van der Waals surface area contributed by atoms with Crippen molar-refractivity contribution >= 4 is 5.91 Å². The second-order valence-electron chi connectivity index (χ2n) is 9.15. The van der Waals surface area contributed by atoms with Crippen molar-refractivity contribution in [3.05, 3.63) is 23.7 Å². The number of carbonyl (C=O) groups excluding carboxylic acids is 1. The summed E-state index contributed by atoms with van der Waals surface area (Å²) in [4.78, 5) is 12.2. The van der Waals surface area contributed by atoms with Gasteiger partial charge in [-0.3, -0.25) is 9.48 Å². The highest BCUT2D eigenvalue weighted by Crippen LogP contribution is 2.39. The minimum absolute atomic E-state index is 0.242. The van der Waals surface area contributed by atoms with Crippen molar-refractivity contribution in [1.82, 2.24) is 20.3 Å². The number of rotatable bonds is 7. The molecule has 0 saturated heterocycles. The van der Waals surface area contributed by atoms with E-state index in [4.69, 9.17) is 9.62 Å². The van der Waals surface area contributed by atoms with E-state index in [1.54, 1.807) is 0 Å². The number of hydrogen-bond donors (Lipinski definition) is 1. The molecule has 2 saturated carbocycles. The molecule has 2 fully saturated rings. The molecule has 4 rings (SSSR count). The topological polar surface area (TPSA) is 73.0 Å². The third kappa shape index (κ3) is 5.09. The maximum absolute atomic E-state index is 12.2. The Morgan fingerprint density at radius 2 is 1.93 bits per heavy atom. The SMILES string of the molecule is Cc1cc(-c2cn(C)nc2C2CCC(CNC(=O)CCC3CCCC3)CC2)on1. The van der Waals surface area contributed by atoms with Gasteiger partial charge in [-0.2, -0.15) is 5.10 Å². The summed E-state index contributed by atoms with van der Waals surface area (Å²) >= 11 is 0. The fraction of sp³-hybridized carbons (Fsp3) is 0.696. The summed E-state index contributed by atoms with van der Waals surface area (Å²) in [6.07, 6.45) is 13.6. The van der Waals surface area contributed by atoms with Crippen molar-refractivity contribution in [3.63, 3.8) is 0 Å². The first-order chi connectivity index (χ1) is 14.1. The predicted octanol–water partition coefficient (Wildman–Crippen LogP) is 4.74. The van der Waals surface area contributed by atoms with Crippen LogP contribution in [0.5, 0.6) is 0 Å². The van der Waals surface area contributed by atoms with Gasteiger partial charge in [0.2, 0.25) is 5.91 Å². The number of aryl methyl sites for hydroxylation is 2. The number of aromatic nitrogens is 3. The molecule has 2 aliphatic rings. The fourth-order valence-corrected chi connectivity index (χ4v) is 5.11. The van der Waals surface area contributed by atoms with Crippen molar-refractivity contribution in [2.45, 2.75) is 77.0 Å². The van der Waals surface area contributed by atoms with Gasteiger partial charge < -0.3 is 9.84 Å². The number of nitrogens with zero attached hydrogens (tertiary/aromatic N) is 3. The molecule has 2 heterocycles. The molecule has 2 aliphatic carbocycles. The standard InChI is InChI=1S/C23H34N4O2/c1-16-13-21(29-26-16)20-15-27(2)25-23(20)19-10-7-18(8-11-19)14-24-22(28)12-9-17-5-3-4-6-17/h13,15,17-19H,3-12,14H2,1-2H3,(H,24,28). The lowest BCUT2D eigenvalue weighted by Gasteiger charge is -2.28. The van der Waals surface area contributed by atoms with Crippen LogP contribution in [0.2, 0.25) is 0 Å². The monoisotopic (exact) mass is 398 g/mol. The molecule has 6 nitrogen and oxygen atoms in total. The molecule has 1 N–H and O–H groups in total. The van der Waals surface area contributed by atoms with Gasteiger partial charge in [-0.15, -0.1) is 0 Å². The molecule has 158 valence electrons. The highest BCUT2D eigenvalue weighted by atomic mass is 16.5. The molecule has 0 atom stereocenters. The van der Waals surface area contributed by atoms with E-state index in [2.05, 4.69) is 10.5 Å². The maximum atomic E-state index is 12.2. The number of amides is 1. The van der Waals surface area contributed by atoms with Crippen molar-refractivity contribution in [2.24, 2.45) is 18.9 Å². The first-order valence-electron chi connectivity index (χ1n) is 11.3. The smallest absolute Gasteiger partial charge is 0.220 e. The average molecular weight is 399 g/mol. The summed E-state index contributed by atoms with van der Waals surface area (Å²) in [6, 6.07) is 1.98. The first kappa shape index (κ1) is 20.2. The van der Waals surface area contributed by atoms with E-state index in [-0.39, 0.29) is 5.91 Å². The van der Waals surface area contributed by atoms with Gasteiger partial charge >= 0.3 is 0 Å². The molecule has 0 unspecified atom stereocenters. The minimum Gasteiger partial charge on any atom is -0.356 e. The molecule has 0 aliphatic heterocycles. The van der Waals surface area contributed by atoms with Gasteiger partial charge in [0.05, 0.1) is 17.0 Å². The molecule has 2 aromatic heterocycles. The minimum atomic E-state index is 0.242. The number of carbonyl (C=O) groups is 1. The Labute approximate surface area is 173 Å². The summed E-state index contributed by atoms with van der Waals surface area (Å²) in [6.45, 7) is 2.77. The Kier molecular flexibility index (Phi) is 6.36. The Balaban J connectivity index is 1.25. The molecule has 29 heavy (non-hydrogen) atoms. The van der Waals surface area contributed by atoms with Gasteiger partial charge in [-0.25, -0.2) is 0 Å². The van der Waals surface area contributed by atoms with E-state index >= 15 is 0 Å². The molecular formula is C23H34N4O2. The number of nitrogens with one attached hydrogen (secondary N) is 1. The first-order valence-corrected chi connectivity index (χ1v) is 11.3. The van der Waals surface area contributed by atoms with Crippen LogP contribution in [-0.4, -0.2) is 27.4 Å². The second-order valence-corrected chi connectivity index (χ2v) is 9.15. The van der Waals surface area contributed by atoms with Crippen LogP contribution in [0.1, 0.15) is 81.5 Å². The van der Waals surface area contributed by atoms with Gasteiger partial charge in [-0.05, 0) is 50.9 Å². The van der Waals surface area contributed by atoms with Gasteiger partial charge in [0.1, 0.15) is 0 Å². The summed E-state index contributed by atoms with van der Waals surface area (Å²) in [7, 11) is 1.96. The van der Waals surface area contributed by atoms with Crippen LogP contribution in [0, 0.1) is 18.8 Å². The summed E-state index contributed by atoms with van der Waals surface area (Å²) < 4.78 is 7.36. The molecular weight excluding hydrogens is 364 g/mol. The van der Waals surface area contributed by atoms with Gasteiger partial charge in [0.25, 0.3) is 0 Å². The van der Waals surface area contributed by atoms with E-state index in [9.17, 15) is 4.79 Å². The van der Waals surface area contributed by atoms with E-state index in [0.717, 1.165) is 67.3 Å². The third-order valence-corrected chi connectivity index (χ3v) is 6.83. The predicted molar refractivity (Wildman–Crippen MR) is 112 cm³/mol. The van der Waals surface area contributed by atoms with Crippen molar-refractivity contribution in [2.75, 3.05) is 6.54 Å². The molecule has 0 bridgehead atoms. The lowest BCUT2D eigenvalue weighted by atomic mass is 9.79. The summed E-state index contributed by atoms with van der Waals surface area (Å²) in [5, 5.41) is 12.0. The van der Waals surface area contributed by atoms with Crippen LogP contribution >= 0.6 is 0 Å². The molecule has 0 spiro atoms. The number of hydrogen-bond acceptors (Lipinski definition) is 4. The molecule has 1 amide bonds. The highest BCUT2D eigenvalue weighted by molar-refractivity contribution is 5.75. The molecule has 2 aromatic rings. The quantitative estimate of drug-likeness (QED) is 0.731. The highest BCUT2D eigenvalue weighted by Gasteiger charge is 2.28. The maximum Gasteiger partial charge on any atom is 0.220 e. The Morgan fingerprint density at radius 3 is 2.62 bits per heavy atom. The average Bonchev–Trinajstić information content (AvgIpc) is 3.46.